The van der Waals surface area contributed by atoms with Crippen LogP contribution in [-0.4, -0.2) is 54.1 Å². The van der Waals surface area contributed by atoms with E-state index in [1.165, 1.54) is 0 Å². The minimum absolute atomic E-state index is 0.188. The lowest BCUT2D eigenvalue weighted by Crippen LogP contribution is -2.44. The number of carboxylic acids is 1. The summed E-state index contributed by atoms with van der Waals surface area (Å²) in [5.41, 5.74) is 0. The van der Waals surface area contributed by atoms with Crippen molar-refractivity contribution >= 4 is 17.9 Å². The molecule has 1 heterocycles. The van der Waals surface area contributed by atoms with Gasteiger partial charge in [-0.2, -0.15) is 0 Å². The number of carbonyl (C=O) groups excluding carboxylic acids is 2. The van der Waals surface area contributed by atoms with Crippen LogP contribution in [0.15, 0.2) is 0 Å². The van der Waals surface area contributed by atoms with Gasteiger partial charge < -0.3 is 15.3 Å². The van der Waals surface area contributed by atoms with Crippen LogP contribution >= 0.6 is 0 Å². The van der Waals surface area contributed by atoms with Gasteiger partial charge in [-0.1, -0.05) is 0 Å². The molecule has 0 aromatic heterocycles. The maximum Gasteiger partial charge on any atom is 0.321 e. The number of hydrogen-bond acceptors (Lipinski definition) is 4. The van der Waals surface area contributed by atoms with Crippen molar-refractivity contribution < 1.29 is 19.5 Å². The Labute approximate surface area is 106 Å². The zero-order valence-corrected chi connectivity index (χ0v) is 10.4. The number of rotatable bonds is 5. The molecule has 0 aromatic rings. The summed E-state index contributed by atoms with van der Waals surface area (Å²) in [4.78, 5) is 34.9. The molecule has 0 bridgehead atoms. The number of carboxylic acid groups (broad SMARTS) is 1. The predicted molar refractivity (Wildman–Crippen MR) is 64.1 cm³/mol. The van der Waals surface area contributed by atoms with Gasteiger partial charge in [0.05, 0.1) is 6.42 Å². The average molecular weight is 257 g/mol. The van der Waals surface area contributed by atoms with Crippen molar-refractivity contribution in [1.82, 2.24) is 15.5 Å². The Hall–Kier alpha value is -1.63. The normalized spacial score (nSPS) is 19.5. The Morgan fingerprint density at radius 1 is 1.33 bits per heavy atom. The molecule has 1 saturated heterocycles. The average Bonchev–Trinajstić information content (AvgIpc) is 2.69. The molecule has 1 rings (SSSR count). The van der Waals surface area contributed by atoms with Crippen LogP contribution in [0, 0.1) is 0 Å². The van der Waals surface area contributed by atoms with Crippen molar-refractivity contribution in [3.8, 4) is 0 Å². The van der Waals surface area contributed by atoms with Gasteiger partial charge in [-0.25, -0.2) is 4.79 Å². The van der Waals surface area contributed by atoms with Crippen molar-refractivity contribution in [2.75, 3.05) is 20.1 Å². The maximum atomic E-state index is 11.4. The molecule has 3 amide bonds. The van der Waals surface area contributed by atoms with E-state index < -0.39 is 17.9 Å². The van der Waals surface area contributed by atoms with E-state index in [2.05, 4.69) is 15.5 Å². The van der Waals surface area contributed by atoms with E-state index in [4.69, 9.17) is 5.11 Å². The Kier molecular flexibility index (Phi) is 5.57. The van der Waals surface area contributed by atoms with E-state index in [1.54, 1.807) is 0 Å². The molecule has 1 unspecified atom stereocenters. The monoisotopic (exact) mass is 257 g/mol. The first-order valence-electron chi connectivity index (χ1n) is 5.98. The summed E-state index contributed by atoms with van der Waals surface area (Å²) in [6.07, 6.45) is 1.68. The number of carbonyl (C=O) groups is 3. The second-order valence-corrected chi connectivity index (χ2v) is 4.43. The fraction of sp³-hybridized carbons (Fsp3) is 0.727. The molecule has 0 radical (unpaired) electrons. The van der Waals surface area contributed by atoms with Crippen LogP contribution in [-0.2, 0) is 9.59 Å². The van der Waals surface area contributed by atoms with Crippen molar-refractivity contribution in [3.63, 3.8) is 0 Å². The number of amides is 3. The van der Waals surface area contributed by atoms with E-state index in [9.17, 15) is 14.4 Å². The van der Waals surface area contributed by atoms with Crippen LogP contribution in [0.1, 0.15) is 25.7 Å². The first-order chi connectivity index (χ1) is 8.49. The van der Waals surface area contributed by atoms with Crippen molar-refractivity contribution in [1.29, 1.82) is 0 Å². The number of hydrogen-bond donors (Lipinski definition) is 3. The van der Waals surface area contributed by atoms with Crippen LogP contribution in [0.25, 0.3) is 0 Å². The molecule has 1 aliphatic heterocycles. The molecule has 102 valence electrons. The van der Waals surface area contributed by atoms with E-state index in [0.717, 1.165) is 19.4 Å². The molecule has 0 saturated carbocycles. The smallest absolute Gasteiger partial charge is 0.321 e. The quantitative estimate of drug-likeness (QED) is 0.632. The summed E-state index contributed by atoms with van der Waals surface area (Å²) in [7, 11) is 2.00. The summed E-state index contributed by atoms with van der Waals surface area (Å²) >= 11 is 0. The number of likely N-dealkylation sites (N-methyl/N-ethyl adjacent to an activating group) is 1. The highest BCUT2D eigenvalue weighted by atomic mass is 16.4. The van der Waals surface area contributed by atoms with Crippen molar-refractivity contribution in [2.45, 2.75) is 31.7 Å². The first-order valence-corrected chi connectivity index (χ1v) is 5.98. The second kappa shape index (κ2) is 6.95. The number of nitrogens with one attached hydrogen (secondary N) is 2. The summed E-state index contributed by atoms with van der Waals surface area (Å²) in [5.74, 6) is -1.63. The number of imide groups is 1. The van der Waals surface area contributed by atoms with Crippen LogP contribution in [0.4, 0.5) is 4.79 Å². The summed E-state index contributed by atoms with van der Waals surface area (Å²) < 4.78 is 0. The fourth-order valence-electron chi connectivity index (χ4n) is 1.90. The zero-order valence-electron chi connectivity index (χ0n) is 10.4. The molecular weight excluding hydrogens is 238 g/mol. The van der Waals surface area contributed by atoms with Gasteiger partial charge in [0.2, 0.25) is 5.91 Å². The highest BCUT2D eigenvalue weighted by molar-refractivity contribution is 5.95. The molecular formula is C11H19N3O4. The van der Waals surface area contributed by atoms with Gasteiger partial charge in [0.25, 0.3) is 0 Å². The van der Waals surface area contributed by atoms with Crippen LogP contribution < -0.4 is 10.6 Å². The van der Waals surface area contributed by atoms with Gasteiger partial charge in [-0.15, -0.1) is 0 Å². The summed E-state index contributed by atoms with van der Waals surface area (Å²) in [6, 6.07) is -0.254. The number of aliphatic carboxylic acids is 1. The van der Waals surface area contributed by atoms with Gasteiger partial charge in [0.1, 0.15) is 0 Å². The van der Waals surface area contributed by atoms with Crippen molar-refractivity contribution in [3.05, 3.63) is 0 Å². The Morgan fingerprint density at radius 2 is 2.06 bits per heavy atom. The minimum atomic E-state index is -1.06. The minimum Gasteiger partial charge on any atom is -0.481 e. The molecule has 7 heteroatoms. The lowest BCUT2D eigenvalue weighted by molar-refractivity contribution is -0.138. The third-order valence-corrected chi connectivity index (χ3v) is 2.99. The number of nitrogens with zero attached hydrogens (tertiary/aromatic N) is 1. The van der Waals surface area contributed by atoms with E-state index in [0.29, 0.717) is 12.6 Å². The van der Waals surface area contributed by atoms with Gasteiger partial charge >= 0.3 is 12.0 Å². The molecule has 7 nitrogen and oxygen atoms in total. The topological polar surface area (TPSA) is 98.7 Å². The first kappa shape index (κ1) is 14.4. The van der Waals surface area contributed by atoms with Gasteiger partial charge in [-0.3, -0.25) is 14.9 Å². The van der Waals surface area contributed by atoms with Gasteiger partial charge in [-0.05, 0) is 26.4 Å². The third kappa shape index (κ3) is 5.13. The van der Waals surface area contributed by atoms with E-state index in [1.807, 2.05) is 7.05 Å². The molecule has 0 aromatic carbocycles. The fourth-order valence-corrected chi connectivity index (χ4v) is 1.90. The standard InChI is InChI=1S/C11H19N3O4/c1-14-6-2-3-8(14)7-12-11(18)13-9(15)4-5-10(16)17/h8H,2-7H2,1H3,(H,16,17)(H2,12,13,15,18). The highest BCUT2D eigenvalue weighted by Gasteiger charge is 2.21. The molecule has 1 aliphatic rings. The Bertz CT molecular complexity index is 332. The molecule has 0 aliphatic carbocycles. The van der Waals surface area contributed by atoms with Crippen LogP contribution in [0.2, 0.25) is 0 Å². The van der Waals surface area contributed by atoms with E-state index >= 15 is 0 Å². The highest BCUT2D eigenvalue weighted by Crippen LogP contribution is 2.13. The largest absolute Gasteiger partial charge is 0.481 e. The second-order valence-electron chi connectivity index (χ2n) is 4.43. The third-order valence-electron chi connectivity index (χ3n) is 2.99. The Balaban J connectivity index is 2.16. The SMILES string of the molecule is CN1CCCC1CNC(=O)NC(=O)CCC(=O)O. The predicted octanol–water partition coefficient (Wildman–Crippen LogP) is -0.229. The lowest BCUT2D eigenvalue weighted by Gasteiger charge is -2.19. The Morgan fingerprint density at radius 3 is 2.61 bits per heavy atom. The summed E-state index contributed by atoms with van der Waals surface area (Å²) in [6.45, 7) is 1.51. The van der Waals surface area contributed by atoms with Crippen LogP contribution in [0.5, 0.6) is 0 Å². The molecule has 1 atom stereocenters. The summed E-state index contributed by atoms with van der Waals surface area (Å²) in [5, 5.41) is 13.1. The van der Waals surface area contributed by atoms with E-state index in [-0.39, 0.29) is 12.8 Å². The van der Waals surface area contributed by atoms with Crippen LogP contribution in [0.3, 0.4) is 0 Å². The molecule has 3 N–H and O–H groups in total. The van der Waals surface area contributed by atoms with Gasteiger partial charge in [0.15, 0.2) is 0 Å². The lowest BCUT2D eigenvalue weighted by atomic mass is 10.2. The number of likely N-dealkylation sites (tertiary alicyclic amines) is 1. The molecule has 1 fully saturated rings. The maximum absolute atomic E-state index is 11.4. The number of urea groups is 1. The van der Waals surface area contributed by atoms with Crippen molar-refractivity contribution in [2.24, 2.45) is 0 Å². The van der Waals surface area contributed by atoms with Gasteiger partial charge in [0, 0.05) is 19.0 Å². The molecule has 18 heavy (non-hydrogen) atoms. The zero-order chi connectivity index (χ0) is 13.5. The molecule has 0 spiro atoms.